The maximum absolute atomic E-state index is 13.5. The number of halogens is 2. The van der Waals surface area contributed by atoms with E-state index in [1.165, 1.54) is 16.4 Å². The van der Waals surface area contributed by atoms with E-state index in [0.29, 0.717) is 19.6 Å². The van der Waals surface area contributed by atoms with E-state index < -0.39 is 15.8 Å². The van der Waals surface area contributed by atoms with E-state index in [0.717, 1.165) is 6.07 Å². The Kier molecular flexibility index (Phi) is 4.29. The largest absolute Gasteiger partial charge is 0.303 e. The van der Waals surface area contributed by atoms with Gasteiger partial charge in [0, 0.05) is 25.7 Å². The molecule has 0 aliphatic carbocycles. The first-order chi connectivity index (χ1) is 8.82. The molecule has 0 radical (unpaired) electrons. The van der Waals surface area contributed by atoms with Gasteiger partial charge in [0.25, 0.3) is 0 Å². The summed E-state index contributed by atoms with van der Waals surface area (Å²) in [6, 6.07) is 3.79. The summed E-state index contributed by atoms with van der Waals surface area (Å²) >= 11 is 3.02. The molecule has 7 heteroatoms. The number of piperazine rings is 1. The summed E-state index contributed by atoms with van der Waals surface area (Å²) in [6.07, 6.45) is 0. The maximum Gasteiger partial charge on any atom is 0.243 e. The topological polar surface area (TPSA) is 40.6 Å². The lowest BCUT2D eigenvalue weighted by Gasteiger charge is -2.37. The summed E-state index contributed by atoms with van der Waals surface area (Å²) in [4.78, 5) is 2.09. The first-order valence-electron chi connectivity index (χ1n) is 5.98. The van der Waals surface area contributed by atoms with Gasteiger partial charge in [-0.05, 0) is 48.1 Å². The Balaban J connectivity index is 2.34. The molecule has 1 unspecified atom stereocenters. The van der Waals surface area contributed by atoms with Gasteiger partial charge in [-0.1, -0.05) is 0 Å². The number of hydrogen-bond acceptors (Lipinski definition) is 3. The van der Waals surface area contributed by atoms with E-state index in [9.17, 15) is 12.8 Å². The van der Waals surface area contributed by atoms with Crippen molar-refractivity contribution in [2.24, 2.45) is 0 Å². The van der Waals surface area contributed by atoms with Crippen LogP contribution < -0.4 is 0 Å². The van der Waals surface area contributed by atoms with Crippen LogP contribution in [0.1, 0.15) is 6.92 Å². The van der Waals surface area contributed by atoms with Gasteiger partial charge in [0.1, 0.15) is 5.82 Å². The molecule has 2 rings (SSSR count). The lowest BCUT2D eigenvalue weighted by atomic mass is 10.2. The van der Waals surface area contributed by atoms with Crippen molar-refractivity contribution in [1.29, 1.82) is 0 Å². The van der Waals surface area contributed by atoms with Crippen LogP contribution in [-0.4, -0.2) is 50.3 Å². The third-order valence-electron chi connectivity index (χ3n) is 3.27. The summed E-state index contributed by atoms with van der Waals surface area (Å²) in [7, 11) is -1.67. The minimum atomic E-state index is -3.63. The molecule has 0 spiro atoms. The van der Waals surface area contributed by atoms with Crippen LogP contribution in [0.4, 0.5) is 4.39 Å². The Morgan fingerprint density at radius 3 is 2.63 bits per heavy atom. The highest BCUT2D eigenvalue weighted by Crippen LogP contribution is 2.24. The molecule has 1 atom stereocenters. The van der Waals surface area contributed by atoms with Crippen LogP contribution >= 0.6 is 15.9 Å². The van der Waals surface area contributed by atoms with Gasteiger partial charge in [-0.3, -0.25) is 0 Å². The average Bonchev–Trinajstić information content (AvgIpc) is 2.32. The molecule has 0 saturated carbocycles. The van der Waals surface area contributed by atoms with Gasteiger partial charge in [-0.25, -0.2) is 12.8 Å². The maximum atomic E-state index is 13.5. The standard InChI is InChI=1S/C12H16BrFN2O2S/c1-9-8-15(2)5-6-16(9)19(17,18)10-3-4-11(13)12(14)7-10/h3-4,7,9H,5-6,8H2,1-2H3. The highest BCUT2D eigenvalue weighted by atomic mass is 79.9. The highest BCUT2D eigenvalue weighted by molar-refractivity contribution is 9.10. The van der Waals surface area contributed by atoms with E-state index in [2.05, 4.69) is 20.8 Å². The van der Waals surface area contributed by atoms with Gasteiger partial charge < -0.3 is 4.90 Å². The summed E-state index contributed by atoms with van der Waals surface area (Å²) < 4.78 is 40.2. The van der Waals surface area contributed by atoms with Crippen molar-refractivity contribution < 1.29 is 12.8 Å². The average molecular weight is 351 g/mol. The van der Waals surface area contributed by atoms with Crippen LogP contribution in [-0.2, 0) is 10.0 Å². The molecule has 4 nitrogen and oxygen atoms in total. The van der Waals surface area contributed by atoms with Gasteiger partial charge in [0.2, 0.25) is 10.0 Å². The zero-order valence-electron chi connectivity index (χ0n) is 10.8. The molecule has 0 bridgehead atoms. The van der Waals surface area contributed by atoms with E-state index in [-0.39, 0.29) is 15.4 Å². The van der Waals surface area contributed by atoms with Crippen molar-refractivity contribution in [2.75, 3.05) is 26.7 Å². The molecule has 0 aromatic heterocycles. The second kappa shape index (κ2) is 5.47. The lowest BCUT2D eigenvalue weighted by Crippen LogP contribution is -2.52. The molecular weight excluding hydrogens is 335 g/mol. The fourth-order valence-electron chi connectivity index (χ4n) is 2.25. The summed E-state index contributed by atoms with van der Waals surface area (Å²) in [6.45, 7) is 3.65. The molecule has 1 aliphatic rings. The van der Waals surface area contributed by atoms with Crippen molar-refractivity contribution >= 4 is 26.0 Å². The van der Waals surface area contributed by atoms with Crippen molar-refractivity contribution in [3.8, 4) is 0 Å². The second-order valence-electron chi connectivity index (χ2n) is 4.80. The fourth-order valence-corrected chi connectivity index (χ4v) is 4.13. The smallest absolute Gasteiger partial charge is 0.243 e. The third-order valence-corrected chi connectivity index (χ3v) is 5.92. The van der Waals surface area contributed by atoms with Gasteiger partial charge in [0.05, 0.1) is 9.37 Å². The molecular formula is C12H16BrFN2O2S. The predicted octanol–water partition coefficient (Wildman–Crippen LogP) is 1.91. The number of hydrogen-bond donors (Lipinski definition) is 0. The summed E-state index contributed by atoms with van der Waals surface area (Å²) in [5.41, 5.74) is 0. The first-order valence-corrected chi connectivity index (χ1v) is 8.21. The Labute approximate surface area is 121 Å². The van der Waals surface area contributed by atoms with Crippen molar-refractivity contribution in [1.82, 2.24) is 9.21 Å². The Morgan fingerprint density at radius 1 is 1.37 bits per heavy atom. The van der Waals surface area contributed by atoms with Crippen LogP contribution in [0, 0.1) is 5.82 Å². The number of likely N-dealkylation sites (N-methyl/N-ethyl adjacent to an activating group) is 1. The fraction of sp³-hybridized carbons (Fsp3) is 0.500. The molecule has 1 fully saturated rings. The van der Waals surface area contributed by atoms with Gasteiger partial charge in [-0.15, -0.1) is 0 Å². The summed E-state index contributed by atoms with van der Waals surface area (Å²) in [5, 5.41) is 0. The zero-order valence-corrected chi connectivity index (χ0v) is 13.2. The molecule has 1 aliphatic heterocycles. The lowest BCUT2D eigenvalue weighted by molar-refractivity contribution is 0.170. The van der Waals surface area contributed by atoms with E-state index in [1.807, 2.05) is 14.0 Å². The van der Waals surface area contributed by atoms with Gasteiger partial charge >= 0.3 is 0 Å². The van der Waals surface area contributed by atoms with Crippen molar-refractivity contribution in [3.05, 3.63) is 28.5 Å². The predicted molar refractivity (Wildman–Crippen MR) is 75.0 cm³/mol. The SMILES string of the molecule is CC1CN(C)CCN1S(=O)(=O)c1ccc(Br)c(F)c1. The molecule has 1 aromatic rings. The monoisotopic (exact) mass is 350 g/mol. The Hall–Kier alpha value is -0.500. The zero-order chi connectivity index (χ0) is 14.2. The number of benzene rings is 1. The number of nitrogens with zero attached hydrogens (tertiary/aromatic N) is 2. The first kappa shape index (κ1) is 14.9. The van der Waals surface area contributed by atoms with E-state index in [4.69, 9.17) is 0 Å². The van der Waals surface area contributed by atoms with Gasteiger partial charge in [0.15, 0.2) is 0 Å². The Bertz CT molecular complexity index is 579. The molecule has 106 valence electrons. The van der Waals surface area contributed by atoms with Crippen LogP contribution in [0.3, 0.4) is 0 Å². The molecule has 0 amide bonds. The van der Waals surface area contributed by atoms with Gasteiger partial charge in [-0.2, -0.15) is 4.31 Å². The van der Waals surface area contributed by atoms with E-state index in [1.54, 1.807) is 0 Å². The molecule has 19 heavy (non-hydrogen) atoms. The van der Waals surface area contributed by atoms with Crippen LogP contribution in [0.2, 0.25) is 0 Å². The minimum absolute atomic E-state index is 0.00426. The van der Waals surface area contributed by atoms with Crippen LogP contribution in [0.25, 0.3) is 0 Å². The number of sulfonamides is 1. The normalized spacial score (nSPS) is 22.6. The highest BCUT2D eigenvalue weighted by Gasteiger charge is 2.32. The molecule has 0 N–H and O–H groups in total. The molecule has 1 aromatic carbocycles. The number of rotatable bonds is 2. The van der Waals surface area contributed by atoms with E-state index >= 15 is 0 Å². The third kappa shape index (κ3) is 2.99. The molecule has 1 saturated heterocycles. The quantitative estimate of drug-likeness (QED) is 0.817. The van der Waals surface area contributed by atoms with Crippen molar-refractivity contribution in [2.45, 2.75) is 17.9 Å². The summed E-state index contributed by atoms with van der Waals surface area (Å²) in [5.74, 6) is -0.567. The Morgan fingerprint density at radius 2 is 2.05 bits per heavy atom. The van der Waals surface area contributed by atoms with Crippen LogP contribution in [0.5, 0.6) is 0 Å². The minimum Gasteiger partial charge on any atom is -0.303 e. The van der Waals surface area contributed by atoms with Crippen LogP contribution in [0.15, 0.2) is 27.6 Å². The molecule has 1 heterocycles. The van der Waals surface area contributed by atoms with Crippen molar-refractivity contribution in [3.63, 3.8) is 0 Å². The second-order valence-corrected chi connectivity index (χ2v) is 7.55.